The van der Waals surface area contributed by atoms with Crippen LogP contribution in [0.15, 0.2) is 84.2 Å². The summed E-state index contributed by atoms with van der Waals surface area (Å²) < 4.78 is 15.9. The van der Waals surface area contributed by atoms with E-state index in [4.69, 9.17) is 9.47 Å². The Kier molecular flexibility index (Phi) is 8.88. The van der Waals surface area contributed by atoms with Gasteiger partial charge in [0.1, 0.15) is 0 Å². The molecule has 0 saturated heterocycles. The Morgan fingerprint density at radius 1 is 0.714 bits per heavy atom. The van der Waals surface area contributed by atoms with Crippen molar-refractivity contribution in [3.63, 3.8) is 0 Å². The molecule has 0 radical (unpaired) electrons. The second-order valence-corrected chi connectivity index (χ2v) is 19.3. The van der Waals surface area contributed by atoms with Crippen molar-refractivity contribution in [2.75, 3.05) is 19.8 Å². The van der Waals surface area contributed by atoms with Gasteiger partial charge in [0.25, 0.3) is 0 Å². The van der Waals surface area contributed by atoms with Crippen molar-refractivity contribution in [1.29, 1.82) is 0 Å². The van der Waals surface area contributed by atoms with Gasteiger partial charge in [0.05, 0.1) is 0 Å². The first kappa shape index (κ1) is 25.7. The van der Waals surface area contributed by atoms with Crippen molar-refractivity contribution in [3.05, 3.63) is 106 Å². The van der Waals surface area contributed by atoms with Gasteiger partial charge < -0.3 is 0 Å². The third-order valence-electron chi connectivity index (χ3n) is 6.75. The van der Waals surface area contributed by atoms with Gasteiger partial charge in [-0.3, -0.25) is 0 Å². The molecule has 4 rings (SSSR count). The third kappa shape index (κ3) is 6.09. The van der Waals surface area contributed by atoms with Crippen molar-refractivity contribution in [1.82, 2.24) is 0 Å². The van der Waals surface area contributed by atoms with Gasteiger partial charge in [-0.2, -0.15) is 0 Å². The minimum atomic E-state index is -2.92. The first-order valence-corrected chi connectivity index (χ1v) is 18.0. The number of benzene rings is 3. The van der Waals surface area contributed by atoms with E-state index in [1.54, 1.807) is 12.5 Å². The molecule has 0 aliphatic rings. The first-order chi connectivity index (χ1) is 17.0. The van der Waals surface area contributed by atoms with Crippen LogP contribution in [0.5, 0.6) is 5.75 Å². The normalized spacial score (nSPS) is 11.5. The number of rotatable bonds is 11. The molecule has 1 aromatic heterocycles. The number of ether oxygens (including phenoxy) is 2. The zero-order chi connectivity index (χ0) is 24.7. The third-order valence-corrected chi connectivity index (χ3v) is 20.2. The summed E-state index contributed by atoms with van der Waals surface area (Å²) in [6.07, 6.45) is 1.05. The Balaban J connectivity index is 1.69. The molecule has 1 heterocycles. The van der Waals surface area contributed by atoms with Crippen LogP contribution in [0, 0.1) is 20.8 Å². The zero-order valence-electron chi connectivity index (χ0n) is 21.3. The molecule has 4 aromatic rings. The summed E-state index contributed by atoms with van der Waals surface area (Å²) >= 11 is -0.967. The Morgan fingerprint density at radius 2 is 1.31 bits per heavy atom. The number of hydrogen-bond acceptors (Lipinski definition) is 3. The van der Waals surface area contributed by atoms with Gasteiger partial charge >= 0.3 is 218 Å². The molecule has 0 amide bonds. The maximum absolute atomic E-state index is 5.83. The van der Waals surface area contributed by atoms with Crippen LogP contribution in [-0.4, -0.2) is 33.1 Å². The molecule has 4 heteroatoms. The van der Waals surface area contributed by atoms with Gasteiger partial charge in [0.2, 0.25) is 0 Å². The average Bonchev–Trinajstić information content (AvgIpc) is 3.31. The van der Waals surface area contributed by atoms with E-state index in [0.717, 1.165) is 18.8 Å². The molecule has 0 spiro atoms. The van der Waals surface area contributed by atoms with E-state index in [2.05, 4.69) is 105 Å². The Labute approximate surface area is 217 Å². The summed E-state index contributed by atoms with van der Waals surface area (Å²) in [5, 5.41) is 3.46. The molecule has 2 nitrogen and oxygen atoms in total. The van der Waals surface area contributed by atoms with E-state index in [9.17, 15) is 0 Å². The summed E-state index contributed by atoms with van der Waals surface area (Å²) in [5.74, 6) is 0.910. The van der Waals surface area contributed by atoms with E-state index < -0.39 is 13.3 Å². The Bertz CT molecular complexity index is 1150. The molecule has 0 fully saturated rings. The predicted molar refractivity (Wildman–Crippen MR) is 153 cm³/mol. The summed E-state index contributed by atoms with van der Waals surface area (Å²) in [5.41, 5.74) is 5.44. The fourth-order valence-corrected chi connectivity index (χ4v) is 18.6. The maximum atomic E-state index is 5.83. The first-order valence-electron chi connectivity index (χ1n) is 12.5. The molecular formula is C31H36GeO2S. The van der Waals surface area contributed by atoms with Crippen LogP contribution in [0.2, 0.25) is 5.25 Å². The predicted octanol–water partition coefficient (Wildman–Crippen LogP) is 5.80. The molecule has 0 N–H and O–H groups in total. The van der Waals surface area contributed by atoms with E-state index in [1.165, 1.54) is 27.5 Å². The van der Waals surface area contributed by atoms with Gasteiger partial charge in [0, 0.05) is 0 Å². The molecule has 0 aliphatic heterocycles. The monoisotopic (exact) mass is 546 g/mol. The summed E-state index contributed by atoms with van der Waals surface area (Å²) in [7, 11) is 0. The van der Waals surface area contributed by atoms with Crippen LogP contribution in [0.25, 0.3) is 0 Å². The Hall–Kier alpha value is -2.34. The number of aryl methyl sites for hydroxylation is 4. The summed E-state index contributed by atoms with van der Waals surface area (Å²) in [4.78, 5) is 0. The van der Waals surface area contributed by atoms with Gasteiger partial charge in [-0.05, 0) is 0 Å². The zero-order valence-corrected chi connectivity index (χ0v) is 24.3. The molecule has 0 aliphatic carbocycles. The fraction of sp³-hybridized carbons (Fsp3) is 0.290. The van der Waals surface area contributed by atoms with Crippen LogP contribution in [0.3, 0.4) is 0 Å². The molecule has 0 atom stereocenters. The van der Waals surface area contributed by atoms with Crippen molar-refractivity contribution < 1.29 is 9.47 Å². The van der Waals surface area contributed by atoms with Crippen molar-refractivity contribution in [2.45, 2.75) is 39.4 Å². The average molecular weight is 545 g/mol. The van der Waals surface area contributed by atoms with Crippen LogP contribution in [-0.2, 0) is 11.2 Å². The molecule has 0 unspecified atom stereocenters. The molecule has 182 valence electrons. The number of thiophene rings is 1. The van der Waals surface area contributed by atoms with Crippen molar-refractivity contribution in [2.24, 2.45) is 0 Å². The van der Waals surface area contributed by atoms with Crippen LogP contribution >= 0.6 is 11.3 Å². The van der Waals surface area contributed by atoms with E-state index >= 15 is 0 Å². The van der Waals surface area contributed by atoms with E-state index in [1.807, 2.05) is 18.3 Å². The van der Waals surface area contributed by atoms with Gasteiger partial charge in [0.15, 0.2) is 0 Å². The van der Waals surface area contributed by atoms with Gasteiger partial charge in [-0.1, -0.05) is 0 Å². The van der Waals surface area contributed by atoms with E-state index in [-0.39, 0.29) is 0 Å². The molecule has 0 saturated carbocycles. The van der Waals surface area contributed by atoms with Crippen molar-refractivity contribution >= 4 is 37.1 Å². The van der Waals surface area contributed by atoms with E-state index in [0.29, 0.717) is 13.2 Å². The summed E-state index contributed by atoms with van der Waals surface area (Å²) in [6, 6.07) is 29.8. The standard InChI is InChI=1S/C31H36GeO2S/c1-5-33-21-22-34-30-16-10-27(11-17-30)18-20-32(31-26(4)19-23-35-31,28-12-6-24(2)7-13-28)29-14-8-25(3)9-15-29/h6-17,19,23H,5,18,20-22H2,1-4H3. The molecule has 3 aromatic carbocycles. The second-order valence-electron chi connectivity index (χ2n) is 9.26. The topological polar surface area (TPSA) is 18.5 Å². The molecule has 0 bridgehead atoms. The quantitative estimate of drug-likeness (QED) is 0.175. The van der Waals surface area contributed by atoms with Crippen LogP contribution in [0.4, 0.5) is 0 Å². The SMILES string of the molecule is CCOCCOc1ccc(C[CH2][Ge]([c]2ccc(C)cc2)([c]2ccc(C)cc2)[c]2sccc2C)cc1. The van der Waals surface area contributed by atoms with Crippen molar-refractivity contribution in [3.8, 4) is 5.75 Å². The van der Waals surface area contributed by atoms with Gasteiger partial charge in [-0.25, -0.2) is 0 Å². The van der Waals surface area contributed by atoms with Crippen LogP contribution < -0.4 is 17.2 Å². The van der Waals surface area contributed by atoms with Crippen LogP contribution in [0.1, 0.15) is 29.2 Å². The molecule has 35 heavy (non-hydrogen) atoms. The summed E-state index contributed by atoms with van der Waals surface area (Å²) in [6.45, 7) is 10.6. The fourth-order valence-electron chi connectivity index (χ4n) is 4.76. The number of hydrogen-bond donors (Lipinski definition) is 0. The second kappa shape index (κ2) is 12.1. The Morgan fingerprint density at radius 3 is 1.83 bits per heavy atom. The minimum absolute atomic E-state index is 0.587. The molecular weight excluding hydrogens is 509 g/mol. The van der Waals surface area contributed by atoms with Gasteiger partial charge in [-0.15, -0.1) is 0 Å².